The van der Waals surface area contributed by atoms with Gasteiger partial charge in [-0.2, -0.15) is 4.39 Å². The zero-order valence-corrected chi connectivity index (χ0v) is 7.26. The Labute approximate surface area is 79.1 Å². The quantitative estimate of drug-likeness (QED) is 0.695. The fourth-order valence-corrected chi connectivity index (χ4v) is 1.47. The number of hydrogen-bond donors (Lipinski definition) is 2. The Balaban J connectivity index is 2.58. The van der Waals surface area contributed by atoms with E-state index in [1.165, 1.54) is 6.07 Å². The molecule has 5 heteroatoms. The summed E-state index contributed by atoms with van der Waals surface area (Å²) in [6, 6.07) is 2.30. The van der Waals surface area contributed by atoms with Crippen LogP contribution in [0.3, 0.4) is 0 Å². The van der Waals surface area contributed by atoms with Gasteiger partial charge in [0.2, 0.25) is 5.82 Å². The summed E-state index contributed by atoms with van der Waals surface area (Å²) in [5, 5.41) is 9.01. The van der Waals surface area contributed by atoms with Gasteiger partial charge < -0.3 is 15.6 Å². The van der Waals surface area contributed by atoms with E-state index in [0.717, 1.165) is 6.07 Å². The average molecular weight is 201 g/mol. The van der Waals surface area contributed by atoms with Crippen molar-refractivity contribution < 1.29 is 18.6 Å². The van der Waals surface area contributed by atoms with Crippen LogP contribution in [0.4, 0.5) is 8.78 Å². The SMILES string of the molecule is NC1(CO)COc2c1ccc(F)c2F. The smallest absolute Gasteiger partial charge is 0.200 e. The molecule has 0 amide bonds. The molecule has 1 aromatic rings. The molecule has 14 heavy (non-hydrogen) atoms. The van der Waals surface area contributed by atoms with Crippen molar-refractivity contribution >= 4 is 0 Å². The maximum absolute atomic E-state index is 13.1. The normalized spacial score (nSPS) is 24.6. The first kappa shape index (κ1) is 9.36. The van der Waals surface area contributed by atoms with E-state index in [0.29, 0.717) is 5.56 Å². The number of halogens is 2. The molecular weight excluding hydrogens is 192 g/mol. The maximum Gasteiger partial charge on any atom is 0.200 e. The Bertz CT molecular complexity index is 383. The molecule has 0 aliphatic carbocycles. The first-order chi connectivity index (χ1) is 6.58. The highest BCUT2D eigenvalue weighted by molar-refractivity contribution is 5.44. The van der Waals surface area contributed by atoms with Crippen molar-refractivity contribution in [3.05, 3.63) is 29.3 Å². The predicted molar refractivity (Wildman–Crippen MR) is 44.8 cm³/mol. The van der Waals surface area contributed by atoms with Crippen LogP contribution >= 0.6 is 0 Å². The van der Waals surface area contributed by atoms with Gasteiger partial charge in [0.15, 0.2) is 11.6 Å². The molecule has 3 N–H and O–H groups in total. The summed E-state index contributed by atoms with van der Waals surface area (Å²) in [5.41, 5.74) is 4.91. The molecule has 1 aliphatic rings. The third kappa shape index (κ3) is 1.09. The second kappa shape index (κ2) is 2.90. The Morgan fingerprint density at radius 3 is 2.86 bits per heavy atom. The van der Waals surface area contributed by atoms with Gasteiger partial charge in [-0.05, 0) is 6.07 Å². The van der Waals surface area contributed by atoms with Crippen LogP contribution in [0.15, 0.2) is 12.1 Å². The molecule has 0 saturated carbocycles. The van der Waals surface area contributed by atoms with E-state index >= 15 is 0 Å². The number of benzene rings is 1. The van der Waals surface area contributed by atoms with Crippen LogP contribution in [0.5, 0.6) is 5.75 Å². The lowest BCUT2D eigenvalue weighted by Crippen LogP contribution is -2.42. The molecule has 0 bridgehead atoms. The van der Waals surface area contributed by atoms with Crippen LogP contribution in [0.1, 0.15) is 5.56 Å². The summed E-state index contributed by atoms with van der Waals surface area (Å²) in [6.45, 7) is -0.412. The van der Waals surface area contributed by atoms with Crippen molar-refractivity contribution in [2.75, 3.05) is 13.2 Å². The largest absolute Gasteiger partial charge is 0.488 e. The Morgan fingerprint density at radius 1 is 1.50 bits per heavy atom. The minimum atomic E-state index is -1.12. The van der Waals surface area contributed by atoms with Gasteiger partial charge in [0.1, 0.15) is 12.1 Å². The lowest BCUT2D eigenvalue weighted by Gasteiger charge is -2.18. The fraction of sp³-hybridized carbons (Fsp3) is 0.333. The summed E-state index contributed by atoms with van der Waals surface area (Å²) in [6.07, 6.45) is 0. The fourth-order valence-electron chi connectivity index (χ4n) is 1.47. The predicted octanol–water partition coefficient (Wildman–Crippen LogP) is 0.504. The minimum absolute atomic E-state index is 0.0425. The Morgan fingerprint density at radius 2 is 2.21 bits per heavy atom. The molecule has 0 aromatic heterocycles. The summed E-state index contributed by atoms with van der Waals surface area (Å²) in [4.78, 5) is 0. The van der Waals surface area contributed by atoms with E-state index in [4.69, 9.17) is 15.6 Å². The molecule has 1 unspecified atom stereocenters. The standard InChI is InChI=1S/C9H9F2NO2/c10-6-2-1-5-8(7(6)11)14-4-9(5,12)3-13/h1-2,13H,3-4,12H2. The highest BCUT2D eigenvalue weighted by Crippen LogP contribution is 2.37. The highest BCUT2D eigenvalue weighted by Gasteiger charge is 2.39. The molecule has 1 heterocycles. The molecule has 0 spiro atoms. The topological polar surface area (TPSA) is 55.5 Å². The average Bonchev–Trinajstić information content (AvgIpc) is 2.52. The molecule has 3 nitrogen and oxygen atoms in total. The molecule has 76 valence electrons. The second-order valence-corrected chi connectivity index (χ2v) is 3.34. The Hall–Kier alpha value is -1.20. The molecular formula is C9H9F2NO2. The molecule has 0 saturated heterocycles. The van der Waals surface area contributed by atoms with Gasteiger partial charge in [-0.25, -0.2) is 4.39 Å². The van der Waals surface area contributed by atoms with Gasteiger partial charge in [0, 0.05) is 5.56 Å². The molecule has 0 fully saturated rings. The van der Waals surface area contributed by atoms with Crippen molar-refractivity contribution in [3.8, 4) is 5.75 Å². The molecule has 1 aromatic carbocycles. The third-order valence-electron chi connectivity index (χ3n) is 2.34. The van der Waals surface area contributed by atoms with Crippen molar-refractivity contribution in [2.24, 2.45) is 5.73 Å². The third-order valence-corrected chi connectivity index (χ3v) is 2.34. The lowest BCUT2D eigenvalue weighted by atomic mass is 9.94. The minimum Gasteiger partial charge on any atom is -0.488 e. The van der Waals surface area contributed by atoms with Crippen LogP contribution in [-0.4, -0.2) is 18.3 Å². The molecule has 0 radical (unpaired) electrons. The van der Waals surface area contributed by atoms with E-state index in [-0.39, 0.29) is 19.0 Å². The van der Waals surface area contributed by atoms with Crippen LogP contribution < -0.4 is 10.5 Å². The van der Waals surface area contributed by atoms with E-state index in [1.54, 1.807) is 0 Å². The summed E-state index contributed by atoms with van der Waals surface area (Å²) < 4.78 is 30.8. The van der Waals surface area contributed by atoms with Crippen molar-refractivity contribution in [1.29, 1.82) is 0 Å². The van der Waals surface area contributed by atoms with Crippen molar-refractivity contribution in [2.45, 2.75) is 5.54 Å². The van der Waals surface area contributed by atoms with Gasteiger partial charge in [0.25, 0.3) is 0 Å². The van der Waals surface area contributed by atoms with Gasteiger partial charge in [-0.15, -0.1) is 0 Å². The lowest BCUT2D eigenvalue weighted by molar-refractivity contribution is 0.161. The van der Waals surface area contributed by atoms with E-state index in [1.807, 2.05) is 0 Å². The van der Waals surface area contributed by atoms with Gasteiger partial charge in [-0.3, -0.25) is 0 Å². The monoisotopic (exact) mass is 201 g/mol. The summed E-state index contributed by atoms with van der Waals surface area (Å²) in [7, 11) is 0. The highest BCUT2D eigenvalue weighted by atomic mass is 19.2. The second-order valence-electron chi connectivity index (χ2n) is 3.34. The number of hydrogen-bond acceptors (Lipinski definition) is 3. The number of fused-ring (bicyclic) bond motifs is 1. The van der Waals surface area contributed by atoms with Gasteiger partial charge in [-0.1, -0.05) is 6.07 Å². The van der Waals surface area contributed by atoms with Crippen LogP contribution in [0.25, 0.3) is 0 Å². The number of aliphatic hydroxyl groups excluding tert-OH is 1. The number of aliphatic hydroxyl groups is 1. The zero-order valence-electron chi connectivity index (χ0n) is 7.26. The van der Waals surface area contributed by atoms with Gasteiger partial charge >= 0.3 is 0 Å². The van der Waals surface area contributed by atoms with E-state index in [9.17, 15) is 8.78 Å². The van der Waals surface area contributed by atoms with Crippen molar-refractivity contribution in [3.63, 3.8) is 0 Å². The summed E-state index contributed by atoms with van der Waals surface area (Å²) in [5.74, 6) is -2.23. The van der Waals surface area contributed by atoms with E-state index in [2.05, 4.69) is 0 Å². The number of nitrogens with two attached hydrogens (primary N) is 1. The first-order valence-corrected chi connectivity index (χ1v) is 4.09. The summed E-state index contributed by atoms with van der Waals surface area (Å²) >= 11 is 0. The zero-order chi connectivity index (χ0) is 10.3. The van der Waals surface area contributed by atoms with Gasteiger partial charge in [0.05, 0.1) is 6.61 Å². The van der Waals surface area contributed by atoms with E-state index < -0.39 is 17.2 Å². The number of rotatable bonds is 1. The van der Waals surface area contributed by atoms with Crippen LogP contribution in [0.2, 0.25) is 0 Å². The Kier molecular flexibility index (Phi) is 1.94. The number of ether oxygens (including phenoxy) is 1. The van der Waals surface area contributed by atoms with Crippen LogP contribution in [-0.2, 0) is 5.54 Å². The molecule has 1 aliphatic heterocycles. The molecule has 1 atom stereocenters. The maximum atomic E-state index is 13.1. The van der Waals surface area contributed by atoms with Crippen LogP contribution in [0, 0.1) is 11.6 Å². The molecule has 2 rings (SSSR count). The first-order valence-electron chi connectivity index (χ1n) is 4.09. The van der Waals surface area contributed by atoms with Crippen molar-refractivity contribution in [1.82, 2.24) is 0 Å².